The fourth-order valence-corrected chi connectivity index (χ4v) is 7.69. The van der Waals surface area contributed by atoms with E-state index in [1.807, 2.05) is 13.0 Å². The number of rotatable bonds is 3. The summed E-state index contributed by atoms with van der Waals surface area (Å²) in [6.45, 7) is 6.64. The lowest BCUT2D eigenvalue weighted by atomic mass is 9.49. The SMILES string of the molecule is CCC(=O)C1(OC)CCC2C3CC(C)C4=CC(=O)CCC4C3CC[C@@]21C. The first-order valence-corrected chi connectivity index (χ1v) is 10.7. The van der Waals surface area contributed by atoms with E-state index in [1.165, 1.54) is 18.4 Å². The molecule has 6 unspecified atom stereocenters. The second kappa shape index (κ2) is 6.29. The predicted octanol–water partition coefficient (Wildman–Crippen LogP) is 4.74. The van der Waals surface area contributed by atoms with Crippen LogP contribution in [0, 0.1) is 35.0 Å². The van der Waals surface area contributed by atoms with Crippen molar-refractivity contribution < 1.29 is 14.3 Å². The maximum Gasteiger partial charge on any atom is 0.164 e. The first kappa shape index (κ1) is 18.4. The molecule has 0 aromatic heterocycles. The Morgan fingerprint density at radius 1 is 1.23 bits per heavy atom. The molecule has 0 heterocycles. The molecule has 144 valence electrons. The van der Waals surface area contributed by atoms with Crippen molar-refractivity contribution in [2.45, 2.75) is 77.7 Å². The van der Waals surface area contributed by atoms with Crippen LogP contribution in [0.1, 0.15) is 72.1 Å². The molecule has 0 aliphatic heterocycles. The molecular formula is C23H34O3. The lowest BCUT2D eigenvalue weighted by molar-refractivity contribution is -0.168. The Kier molecular flexibility index (Phi) is 4.45. The molecule has 4 rings (SSSR count). The summed E-state index contributed by atoms with van der Waals surface area (Å²) in [6, 6.07) is 0. The van der Waals surface area contributed by atoms with Gasteiger partial charge in [0.25, 0.3) is 0 Å². The van der Waals surface area contributed by atoms with Crippen molar-refractivity contribution in [3.8, 4) is 0 Å². The molecule has 3 fully saturated rings. The Morgan fingerprint density at radius 3 is 2.69 bits per heavy atom. The van der Waals surface area contributed by atoms with Crippen LogP contribution in [0.25, 0.3) is 0 Å². The number of fused-ring (bicyclic) bond motifs is 5. The molecule has 4 aliphatic rings. The number of hydrogen-bond donors (Lipinski definition) is 0. The summed E-state index contributed by atoms with van der Waals surface area (Å²) >= 11 is 0. The molecule has 0 aromatic rings. The topological polar surface area (TPSA) is 43.4 Å². The van der Waals surface area contributed by atoms with E-state index < -0.39 is 5.60 Å². The standard InChI is InChI=1S/C23H34O3/c1-5-21(25)23(26-4)11-9-20-19-12-14(2)18-13-15(24)6-7-16(18)17(19)8-10-22(20,23)3/h13-14,16-17,19-20H,5-12H2,1-4H3/t14?,16?,17?,19?,20?,22-,23?/m0/s1. The number of allylic oxidation sites excluding steroid dienone is 1. The number of hydrogen-bond acceptors (Lipinski definition) is 3. The minimum absolute atomic E-state index is 0.0264. The van der Waals surface area contributed by atoms with E-state index >= 15 is 0 Å². The van der Waals surface area contributed by atoms with Gasteiger partial charge in [0, 0.05) is 25.4 Å². The molecule has 0 N–H and O–H groups in total. The van der Waals surface area contributed by atoms with Crippen LogP contribution in [0.3, 0.4) is 0 Å². The molecule has 7 atom stereocenters. The van der Waals surface area contributed by atoms with Crippen LogP contribution in [-0.2, 0) is 14.3 Å². The number of ether oxygens (including phenoxy) is 1. The Hall–Kier alpha value is -0.960. The fourth-order valence-electron chi connectivity index (χ4n) is 7.69. The van der Waals surface area contributed by atoms with Crippen molar-refractivity contribution in [3.63, 3.8) is 0 Å². The monoisotopic (exact) mass is 358 g/mol. The summed E-state index contributed by atoms with van der Waals surface area (Å²) in [4.78, 5) is 24.9. The summed E-state index contributed by atoms with van der Waals surface area (Å²) in [6.07, 6.45) is 9.78. The highest BCUT2D eigenvalue weighted by Gasteiger charge is 2.65. The predicted molar refractivity (Wildman–Crippen MR) is 102 cm³/mol. The third-order valence-corrected chi connectivity index (χ3v) is 8.90. The van der Waals surface area contributed by atoms with Gasteiger partial charge in [0.1, 0.15) is 5.60 Å². The van der Waals surface area contributed by atoms with Crippen molar-refractivity contribution in [2.24, 2.45) is 35.0 Å². The summed E-state index contributed by atoms with van der Waals surface area (Å²) < 4.78 is 6.05. The summed E-state index contributed by atoms with van der Waals surface area (Å²) in [7, 11) is 1.75. The third kappa shape index (κ3) is 2.28. The highest BCUT2D eigenvalue weighted by Crippen LogP contribution is 2.66. The molecule has 0 bridgehead atoms. The second-order valence-corrected chi connectivity index (χ2v) is 9.63. The van der Waals surface area contributed by atoms with Crippen molar-refractivity contribution >= 4 is 11.6 Å². The van der Waals surface area contributed by atoms with Crippen molar-refractivity contribution in [2.75, 3.05) is 7.11 Å². The largest absolute Gasteiger partial charge is 0.370 e. The third-order valence-electron chi connectivity index (χ3n) is 8.90. The minimum atomic E-state index is -0.570. The Labute approximate surface area is 157 Å². The van der Waals surface area contributed by atoms with Gasteiger partial charge in [0.05, 0.1) is 0 Å². The quantitative estimate of drug-likeness (QED) is 0.732. The molecule has 3 saturated carbocycles. The zero-order valence-electron chi connectivity index (χ0n) is 16.8. The van der Waals surface area contributed by atoms with Gasteiger partial charge in [-0.25, -0.2) is 0 Å². The lowest BCUT2D eigenvalue weighted by Gasteiger charge is -2.57. The van der Waals surface area contributed by atoms with Crippen LogP contribution in [-0.4, -0.2) is 24.3 Å². The molecule has 3 heteroatoms. The molecule has 0 radical (unpaired) electrons. The van der Waals surface area contributed by atoms with Gasteiger partial charge in [-0.2, -0.15) is 0 Å². The average molecular weight is 359 g/mol. The van der Waals surface area contributed by atoms with Crippen molar-refractivity contribution in [1.82, 2.24) is 0 Å². The highest BCUT2D eigenvalue weighted by molar-refractivity contribution is 5.91. The van der Waals surface area contributed by atoms with E-state index in [4.69, 9.17) is 4.74 Å². The van der Waals surface area contributed by atoms with Crippen LogP contribution >= 0.6 is 0 Å². The van der Waals surface area contributed by atoms with E-state index in [1.54, 1.807) is 7.11 Å². The number of carbonyl (C=O) groups is 2. The molecule has 3 nitrogen and oxygen atoms in total. The number of carbonyl (C=O) groups excluding carboxylic acids is 2. The smallest absolute Gasteiger partial charge is 0.164 e. The van der Waals surface area contributed by atoms with Gasteiger partial charge in [0.15, 0.2) is 11.6 Å². The Bertz CT molecular complexity index is 650. The van der Waals surface area contributed by atoms with E-state index in [0.717, 1.165) is 32.1 Å². The van der Waals surface area contributed by atoms with Gasteiger partial charge in [-0.15, -0.1) is 0 Å². The van der Waals surface area contributed by atoms with Crippen LogP contribution < -0.4 is 0 Å². The molecule has 4 aliphatic carbocycles. The van der Waals surface area contributed by atoms with E-state index in [0.29, 0.717) is 47.6 Å². The summed E-state index contributed by atoms with van der Waals surface area (Å²) in [5.74, 6) is 3.70. The number of Topliss-reactive ketones (excluding diaryl/α,β-unsaturated/α-hetero) is 1. The van der Waals surface area contributed by atoms with Gasteiger partial charge in [0.2, 0.25) is 0 Å². The highest BCUT2D eigenvalue weighted by atomic mass is 16.5. The molecule has 0 spiro atoms. The van der Waals surface area contributed by atoms with Crippen LogP contribution in [0.15, 0.2) is 11.6 Å². The zero-order valence-corrected chi connectivity index (χ0v) is 16.8. The number of methoxy groups -OCH3 is 1. The van der Waals surface area contributed by atoms with E-state index in [2.05, 4.69) is 13.8 Å². The molecule has 0 amide bonds. The van der Waals surface area contributed by atoms with Crippen LogP contribution in [0.4, 0.5) is 0 Å². The molecule has 0 aromatic carbocycles. The maximum absolute atomic E-state index is 12.9. The van der Waals surface area contributed by atoms with Crippen LogP contribution in [0.2, 0.25) is 0 Å². The second-order valence-electron chi connectivity index (χ2n) is 9.63. The van der Waals surface area contributed by atoms with Crippen LogP contribution in [0.5, 0.6) is 0 Å². The normalized spacial score (nSPS) is 47.6. The first-order chi connectivity index (χ1) is 12.4. The summed E-state index contributed by atoms with van der Waals surface area (Å²) in [5.41, 5.74) is 0.840. The van der Waals surface area contributed by atoms with Gasteiger partial charge in [-0.3, -0.25) is 9.59 Å². The molecule has 26 heavy (non-hydrogen) atoms. The Balaban J connectivity index is 1.68. The maximum atomic E-state index is 12.9. The van der Waals surface area contributed by atoms with Crippen molar-refractivity contribution in [1.29, 1.82) is 0 Å². The van der Waals surface area contributed by atoms with Gasteiger partial charge in [-0.1, -0.05) is 26.3 Å². The van der Waals surface area contributed by atoms with Gasteiger partial charge >= 0.3 is 0 Å². The molecular weight excluding hydrogens is 324 g/mol. The first-order valence-electron chi connectivity index (χ1n) is 10.7. The van der Waals surface area contributed by atoms with Gasteiger partial charge < -0.3 is 4.74 Å². The lowest BCUT2D eigenvalue weighted by Crippen LogP contribution is -2.57. The Morgan fingerprint density at radius 2 is 2.00 bits per heavy atom. The molecule has 0 saturated heterocycles. The van der Waals surface area contributed by atoms with Crippen molar-refractivity contribution in [3.05, 3.63) is 11.6 Å². The summed E-state index contributed by atoms with van der Waals surface area (Å²) in [5, 5.41) is 0. The fraction of sp³-hybridized carbons (Fsp3) is 0.826. The average Bonchev–Trinajstić information content (AvgIpc) is 2.95. The minimum Gasteiger partial charge on any atom is -0.370 e. The number of ketones is 2. The van der Waals surface area contributed by atoms with Gasteiger partial charge in [-0.05, 0) is 74.2 Å². The van der Waals surface area contributed by atoms with E-state index in [-0.39, 0.29) is 5.41 Å². The zero-order chi connectivity index (χ0) is 18.7. The van der Waals surface area contributed by atoms with E-state index in [9.17, 15) is 9.59 Å².